The van der Waals surface area contributed by atoms with Gasteiger partial charge in [-0.25, -0.2) is 4.85 Å². The maximum atomic E-state index is 15.0. The van der Waals surface area contributed by atoms with Crippen LogP contribution in [-0.4, -0.2) is 9.13 Å². The molecule has 2 aromatic heterocycles. The van der Waals surface area contributed by atoms with E-state index in [4.69, 9.17) is 6.57 Å². The molecule has 0 radical (unpaired) electrons. The van der Waals surface area contributed by atoms with Gasteiger partial charge in [-0.1, -0.05) is 126 Å². The standard InChI is InChI=1S/C53H33F6N3/c1-31-10-8-12-33(24-31)35-18-21-41-39-14-4-6-16-46(39)61(48(41)26-35)50-29-43(38-23-20-37(52(54,55)56)28-44(38)53(57,58)59)45(60-3)30-51(50)62-47-17-7-5-15-40(47)42-22-19-36(27-49(42)62)34-13-9-11-32(2)25-34/h4-30H,1-2H3. The molecular weight excluding hydrogens is 793 g/mol. The highest BCUT2D eigenvalue weighted by Crippen LogP contribution is 2.48. The van der Waals surface area contributed by atoms with Gasteiger partial charge in [0.15, 0.2) is 5.69 Å². The van der Waals surface area contributed by atoms with E-state index < -0.39 is 29.0 Å². The average molecular weight is 826 g/mol. The van der Waals surface area contributed by atoms with E-state index in [1.165, 1.54) is 6.07 Å². The van der Waals surface area contributed by atoms with Crippen LogP contribution in [-0.2, 0) is 12.4 Å². The summed E-state index contributed by atoms with van der Waals surface area (Å²) in [6.07, 6.45) is -10.2. The lowest BCUT2D eigenvalue weighted by atomic mass is 9.94. The van der Waals surface area contributed by atoms with Gasteiger partial charge in [0, 0.05) is 21.5 Å². The predicted molar refractivity (Wildman–Crippen MR) is 237 cm³/mol. The van der Waals surface area contributed by atoms with Crippen molar-refractivity contribution in [3.05, 3.63) is 197 Å². The fourth-order valence-electron chi connectivity index (χ4n) is 8.89. The Morgan fingerprint density at radius 3 is 1.39 bits per heavy atom. The second-order valence-electron chi connectivity index (χ2n) is 15.6. The Balaban J connectivity index is 1.37. The predicted octanol–water partition coefficient (Wildman–Crippen LogP) is 16.1. The number of hydrogen-bond acceptors (Lipinski definition) is 0. The van der Waals surface area contributed by atoms with E-state index in [9.17, 15) is 26.3 Å². The Labute approximate surface area is 352 Å². The number of aryl methyl sites for hydroxylation is 2. The summed E-state index contributed by atoms with van der Waals surface area (Å²) >= 11 is 0. The molecule has 0 saturated carbocycles. The minimum absolute atomic E-state index is 0.130. The van der Waals surface area contributed by atoms with Crippen molar-refractivity contribution in [2.75, 3.05) is 0 Å². The number of halogens is 6. The molecule has 0 aliphatic carbocycles. The molecule has 10 aromatic rings. The van der Waals surface area contributed by atoms with E-state index in [1.807, 2.05) is 120 Å². The van der Waals surface area contributed by atoms with Gasteiger partial charge < -0.3 is 9.13 Å². The summed E-state index contributed by atoms with van der Waals surface area (Å²) in [6, 6.07) is 48.8. The Bertz CT molecular complexity index is 3490. The van der Waals surface area contributed by atoms with Crippen LogP contribution in [0.5, 0.6) is 0 Å². The van der Waals surface area contributed by atoms with E-state index in [0.717, 1.165) is 83.1 Å². The summed E-state index contributed by atoms with van der Waals surface area (Å²) in [5.41, 5.74) is 6.21. The second kappa shape index (κ2) is 14.3. The van der Waals surface area contributed by atoms with Crippen molar-refractivity contribution in [3.63, 3.8) is 0 Å². The van der Waals surface area contributed by atoms with Crippen molar-refractivity contribution in [2.24, 2.45) is 0 Å². The van der Waals surface area contributed by atoms with E-state index >= 15 is 0 Å². The SMILES string of the molecule is [C-]#[N+]c1cc(-n2c3ccccc3c3ccc(-c4cccc(C)c4)cc32)c(-n2c3ccccc3c3ccc(-c4cccc(C)c4)cc32)cc1-c1ccc(C(F)(F)F)cc1C(F)(F)F. The van der Waals surface area contributed by atoms with Gasteiger partial charge in [0.2, 0.25) is 0 Å². The summed E-state index contributed by atoms with van der Waals surface area (Å²) in [5.74, 6) is 0. The molecule has 0 fully saturated rings. The van der Waals surface area contributed by atoms with Crippen molar-refractivity contribution in [3.8, 4) is 44.8 Å². The monoisotopic (exact) mass is 825 g/mol. The molecule has 62 heavy (non-hydrogen) atoms. The highest BCUT2D eigenvalue weighted by Gasteiger charge is 2.39. The normalized spacial score (nSPS) is 12.2. The third-order valence-electron chi connectivity index (χ3n) is 11.7. The third-order valence-corrected chi connectivity index (χ3v) is 11.7. The summed E-state index contributed by atoms with van der Waals surface area (Å²) < 4.78 is 90.8. The maximum absolute atomic E-state index is 15.0. The maximum Gasteiger partial charge on any atom is 0.416 e. The van der Waals surface area contributed by atoms with Gasteiger partial charge in [-0.2, -0.15) is 26.3 Å². The zero-order valence-corrected chi connectivity index (χ0v) is 33.2. The molecule has 10 rings (SSSR count). The highest BCUT2D eigenvalue weighted by atomic mass is 19.4. The number of alkyl halides is 6. The van der Waals surface area contributed by atoms with Crippen molar-refractivity contribution in [1.82, 2.24) is 9.13 Å². The molecule has 0 aliphatic rings. The first-order chi connectivity index (χ1) is 29.8. The lowest BCUT2D eigenvalue weighted by molar-refractivity contribution is -0.142. The number of rotatable bonds is 5. The van der Waals surface area contributed by atoms with E-state index in [0.29, 0.717) is 17.4 Å². The van der Waals surface area contributed by atoms with Gasteiger partial charge in [0.1, 0.15) is 0 Å². The minimum Gasteiger partial charge on any atom is -0.308 e. The second-order valence-corrected chi connectivity index (χ2v) is 15.6. The molecule has 0 N–H and O–H groups in total. The van der Waals surface area contributed by atoms with Crippen molar-refractivity contribution in [1.29, 1.82) is 0 Å². The zero-order valence-electron chi connectivity index (χ0n) is 33.2. The molecule has 0 amide bonds. The number of nitrogens with zero attached hydrogens (tertiary/aromatic N) is 3. The summed E-state index contributed by atoms with van der Waals surface area (Å²) in [5, 5.41) is 3.61. The first kappa shape index (κ1) is 38.6. The van der Waals surface area contributed by atoms with Crippen LogP contribution < -0.4 is 0 Å². The van der Waals surface area contributed by atoms with Gasteiger partial charge in [-0.15, -0.1) is 0 Å². The molecule has 0 atom stereocenters. The molecule has 9 heteroatoms. The smallest absolute Gasteiger partial charge is 0.308 e. The van der Waals surface area contributed by atoms with Crippen molar-refractivity contribution >= 4 is 49.3 Å². The molecule has 2 heterocycles. The topological polar surface area (TPSA) is 14.2 Å². The zero-order chi connectivity index (χ0) is 43.1. The fourth-order valence-corrected chi connectivity index (χ4v) is 8.89. The van der Waals surface area contributed by atoms with Crippen molar-refractivity contribution < 1.29 is 26.3 Å². The van der Waals surface area contributed by atoms with Crippen LogP contribution in [0.25, 0.3) is 93.2 Å². The lowest BCUT2D eigenvalue weighted by Gasteiger charge is -2.22. The first-order valence-corrected chi connectivity index (χ1v) is 19.8. The fraction of sp³-hybridized carbons (Fsp3) is 0.0755. The Morgan fingerprint density at radius 2 is 0.903 bits per heavy atom. The number of benzene rings is 8. The van der Waals surface area contributed by atoms with Gasteiger partial charge in [-0.3, -0.25) is 0 Å². The van der Waals surface area contributed by atoms with Crippen LogP contribution in [0.3, 0.4) is 0 Å². The average Bonchev–Trinajstić information content (AvgIpc) is 3.77. The lowest BCUT2D eigenvalue weighted by Crippen LogP contribution is -2.12. The molecule has 3 nitrogen and oxygen atoms in total. The summed E-state index contributed by atoms with van der Waals surface area (Å²) in [4.78, 5) is 3.79. The number of fused-ring (bicyclic) bond motifs is 6. The summed E-state index contributed by atoms with van der Waals surface area (Å²) in [7, 11) is 0. The molecule has 8 aromatic carbocycles. The molecule has 0 unspecified atom stereocenters. The number of hydrogen-bond donors (Lipinski definition) is 0. The number of aromatic nitrogens is 2. The van der Waals surface area contributed by atoms with Crippen LogP contribution in [0.15, 0.2) is 164 Å². The van der Waals surface area contributed by atoms with Gasteiger partial charge in [0.05, 0.1) is 51.1 Å². The van der Waals surface area contributed by atoms with Gasteiger partial charge in [-0.05, 0) is 95.8 Å². The quantitative estimate of drug-likeness (QED) is 0.121. The third kappa shape index (κ3) is 6.38. The van der Waals surface area contributed by atoms with Crippen LogP contribution in [0.2, 0.25) is 0 Å². The molecule has 0 bridgehead atoms. The Kier molecular flexibility index (Phi) is 8.89. The highest BCUT2D eigenvalue weighted by molar-refractivity contribution is 6.13. The first-order valence-electron chi connectivity index (χ1n) is 19.8. The van der Waals surface area contributed by atoms with E-state index in [-0.39, 0.29) is 17.3 Å². The molecule has 0 aliphatic heterocycles. The molecular formula is C53H33F6N3. The number of para-hydroxylation sites is 2. The van der Waals surface area contributed by atoms with Crippen LogP contribution in [0.4, 0.5) is 32.0 Å². The van der Waals surface area contributed by atoms with Crippen LogP contribution in [0.1, 0.15) is 22.3 Å². The molecule has 302 valence electrons. The molecule has 0 saturated heterocycles. The van der Waals surface area contributed by atoms with Gasteiger partial charge in [0.25, 0.3) is 0 Å². The van der Waals surface area contributed by atoms with E-state index in [1.54, 1.807) is 6.07 Å². The van der Waals surface area contributed by atoms with E-state index in [2.05, 4.69) is 41.2 Å². The largest absolute Gasteiger partial charge is 0.416 e. The van der Waals surface area contributed by atoms with Gasteiger partial charge >= 0.3 is 12.4 Å². The van der Waals surface area contributed by atoms with Crippen molar-refractivity contribution in [2.45, 2.75) is 26.2 Å². The molecule has 0 spiro atoms. The Hall–Kier alpha value is -7.57. The summed E-state index contributed by atoms with van der Waals surface area (Å²) in [6.45, 7) is 12.4. The van der Waals surface area contributed by atoms with Crippen LogP contribution >= 0.6 is 0 Å². The Morgan fingerprint density at radius 1 is 0.419 bits per heavy atom. The van der Waals surface area contributed by atoms with Crippen LogP contribution in [0, 0.1) is 20.4 Å². The minimum atomic E-state index is -5.18.